The summed E-state index contributed by atoms with van der Waals surface area (Å²) in [6, 6.07) is 0.125. The molecule has 2 aliphatic heterocycles. The van der Waals surface area contributed by atoms with Crippen LogP contribution in [0, 0.1) is 5.92 Å². The van der Waals surface area contributed by atoms with E-state index in [0.717, 1.165) is 0 Å². The molecule has 2 rings (SSSR count). The lowest BCUT2D eigenvalue weighted by molar-refractivity contribution is 0.134. The van der Waals surface area contributed by atoms with Gasteiger partial charge in [-0.15, -0.1) is 0 Å². The fraction of sp³-hybridized carbons (Fsp3) is 0.917. The van der Waals surface area contributed by atoms with Crippen molar-refractivity contribution in [3.63, 3.8) is 0 Å². The Balaban J connectivity index is 1.90. The summed E-state index contributed by atoms with van der Waals surface area (Å²) < 4.78 is 30.7. The van der Waals surface area contributed by atoms with Crippen LogP contribution in [-0.2, 0) is 14.8 Å². The molecule has 2 heterocycles. The van der Waals surface area contributed by atoms with Gasteiger partial charge in [-0.2, -0.15) is 0 Å². The maximum absolute atomic E-state index is 12.1. The van der Waals surface area contributed by atoms with Crippen LogP contribution < -0.4 is 0 Å². The minimum Gasteiger partial charge on any atom is -0.448 e. The van der Waals surface area contributed by atoms with E-state index in [1.165, 1.54) is 0 Å². The maximum Gasteiger partial charge on any atom is 0.410 e. The van der Waals surface area contributed by atoms with Crippen LogP contribution in [-0.4, -0.2) is 61.8 Å². The van der Waals surface area contributed by atoms with Crippen molar-refractivity contribution in [1.29, 1.82) is 0 Å². The summed E-state index contributed by atoms with van der Waals surface area (Å²) in [7, 11) is -3.14. The van der Waals surface area contributed by atoms with Crippen molar-refractivity contribution < 1.29 is 17.9 Å². The van der Waals surface area contributed by atoms with Gasteiger partial charge in [-0.1, -0.05) is 13.8 Å². The number of piperidine rings is 1. The van der Waals surface area contributed by atoms with E-state index in [9.17, 15) is 13.2 Å². The van der Waals surface area contributed by atoms with Gasteiger partial charge in [0.1, 0.15) is 6.61 Å². The third-order valence-electron chi connectivity index (χ3n) is 3.59. The molecule has 0 spiro atoms. The van der Waals surface area contributed by atoms with E-state index in [4.69, 9.17) is 4.74 Å². The number of carbonyl (C=O) groups excluding carboxylic acids is 1. The number of nitrogens with zero attached hydrogens (tertiary/aromatic N) is 2. The monoisotopic (exact) mass is 290 g/mol. The summed E-state index contributed by atoms with van der Waals surface area (Å²) in [4.78, 5) is 13.2. The molecule has 0 N–H and O–H groups in total. The van der Waals surface area contributed by atoms with E-state index in [-0.39, 0.29) is 23.8 Å². The fourth-order valence-electron chi connectivity index (χ4n) is 2.70. The zero-order valence-corrected chi connectivity index (χ0v) is 12.4. The molecule has 0 aromatic heterocycles. The van der Waals surface area contributed by atoms with Gasteiger partial charge in [0.15, 0.2) is 0 Å². The molecule has 0 unspecified atom stereocenters. The van der Waals surface area contributed by atoms with Gasteiger partial charge >= 0.3 is 6.09 Å². The Morgan fingerprint density at radius 1 is 1.26 bits per heavy atom. The average Bonchev–Trinajstić information content (AvgIpc) is 2.74. The Morgan fingerprint density at radius 2 is 1.89 bits per heavy atom. The highest BCUT2D eigenvalue weighted by Crippen LogP contribution is 2.22. The van der Waals surface area contributed by atoms with E-state index in [2.05, 4.69) is 0 Å². The molecule has 2 fully saturated rings. The highest BCUT2D eigenvalue weighted by molar-refractivity contribution is 7.89. The van der Waals surface area contributed by atoms with Crippen LogP contribution in [0.1, 0.15) is 26.7 Å². The van der Waals surface area contributed by atoms with Crippen LogP contribution in [0.3, 0.4) is 0 Å². The Morgan fingerprint density at radius 3 is 2.37 bits per heavy atom. The lowest BCUT2D eigenvalue weighted by Gasteiger charge is -2.35. The van der Waals surface area contributed by atoms with Gasteiger partial charge in [-0.25, -0.2) is 17.5 Å². The SMILES string of the molecule is CC(C)CS(=O)(=O)N1CCC(N2CCOC2=O)CC1. The van der Waals surface area contributed by atoms with Gasteiger partial charge in [-0.05, 0) is 18.8 Å². The van der Waals surface area contributed by atoms with Crippen LogP contribution in [0.15, 0.2) is 0 Å². The lowest BCUT2D eigenvalue weighted by Crippen LogP contribution is -2.47. The first-order valence-electron chi connectivity index (χ1n) is 6.81. The summed E-state index contributed by atoms with van der Waals surface area (Å²) in [5.41, 5.74) is 0. The van der Waals surface area contributed by atoms with Gasteiger partial charge < -0.3 is 9.64 Å². The number of cyclic esters (lactones) is 1. The van der Waals surface area contributed by atoms with Gasteiger partial charge in [-0.3, -0.25) is 0 Å². The predicted molar refractivity (Wildman–Crippen MR) is 71.3 cm³/mol. The number of hydrogen-bond donors (Lipinski definition) is 0. The van der Waals surface area contributed by atoms with Crippen molar-refractivity contribution in [2.24, 2.45) is 5.92 Å². The second-order valence-corrected chi connectivity index (χ2v) is 7.62. The molecule has 19 heavy (non-hydrogen) atoms. The van der Waals surface area contributed by atoms with Crippen LogP contribution in [0.25, 0.3) is 0 Å². The predicted octanol–water partition coefficient (Wildman–Crippen LogP) is 0.889. The average molecular weight is 290 g/mol. The third kappa shape index (κ3) is 3.39. The van der Waals surface area contributed by atoms with Gasteiger partial charge in [0, 0.05) is 19.1 Å². The van der Waals surface area contributed by atoms with Crippen molar-refractivity contribution in [3.05, 3.63) is 0 Å². The number of ether oxygens (including phenoxy) is 1. The molecule has 1 amide bonds. The molecule has 0 aromatic carbocycles. The Bertz CT molecular complexity index is 427. The van der Waals surface area contributed by atoms with E-state index in [0.29, 0.717) is 39.1 Å². The fourth-order valence-corrected chi connectivity index (χ4v) is 4.52. The zero-order valence-electron chi connectivity index (χ0n) is 11.5. The van der Waals surface area contributed by atoms with E-state index in [1.807, 2.05) is 13.8 Å². The molecule has 110 valence electrons. The molecule has 6 nitrogen and oxygen atoms in total. The second kappa shape index (κ2) is 5.66. The minimum absolute atomic E-state index is 0.125. The zero-order chi connectivity index (χ0) is 14.0. The van der Waals surface area contributed by atoms with Gasteiger partial charge in [0.05, 0.1) is 12.3 Å². The summed E-state index contributed by atoms with van der Waals surface area (Å²) in [5.74, 6) is 0.333. The molecular weight excluding hydrogens is 268 g/mol. The van der Waals surface area contributed by atoms with Crippen LogP contribution >= 0.6 is 0 Å². The summed E-state index contributed by atoms with van der Waals surface area (Å²) >= 11 is 0. The molecule has 0 saturated carbocycles. The standard InChI is InChI=1S/C12H22N2O4S/c1-10(2)9-19(16,17)13-5-3-11(4-6-13)14-7-8-18-12(14)15/h10-11H,3-9H2,1-2H3. The summed E-state index contributed by atoms with van der Waals surface area (Å²) in [6.45, 7) is 5.90. The van der Waals surface area contributed by atoms with Crippen molar-refractivity contribution in [2.45, 2.75) is 32.7 Å². The third-order valence-corrected chi connectivity index (χ3v) is 5.83. The van der Waals surface area contributed by atoms with E-state index < -0.39 is 10.0 Å². The first-order chi connectivity index (χ1) is 8.90. The Hall–Kier alpha value is -0.820. The largest absolute Gasteiger partial charge is 0.448 e. The number of rotatable bonds is 4. The van der Waals surface area contributed by atoms with Crippen LogP contribution in [0.2, 0.25) is 0 Å². The molecule has 2 saturated heterocycles. The van der Waals surface area contributed by atoms with Gasteiger partial charge in [0.25, 0.3) is 0 Å². The number of carbonyl (C=O) groups is 1. The Kier molecular flexibility index (Phi) is 4.35. The number of hydrogen-bond acceptors (Lipinski definition) is 4. The van der Waals surface area contributed by atoms with Crippen LogP contribution in [0.5, 0.6) is 0 Å². The molecule has 0 atom stereocenters. The smallest absolute Gasteiger partial charge is 0.410 e. The molecule has 0 radical (unpaired) electrons. The molecule has 0 bridgehead atoms. The van der Waals surface area contributed by atoms with Crippen LogP contribution in [0.4, 0.5) is 4.79 Å². The van der Waals surface area contributed by atoms with Crippen molar-refractivity contribution in [2.75, 3.05) is 32.0 Å². The molecule has 0 aromatic rings. The molecule has 2 aliphatic rings. The summed E-state index contributed by atoms with van der Waals surface area (Å²) in [5, 5.41) is 0. The molecular formula is C12H22N2O4S. The maximum atomic E-state index is 12.1. The van der Waals surface area contributed by atoms with E-state index >= 15 is 0 Å². The quantitative estimate of drug-likeness (QED) is 0.771. The molecule has 7 heteroatoms. The molecule has 0 aliphatic carbocycles. The first kappa shape index (κ1) is 14.6. The normalized spacial score (nSPS) is 23.1. The number of amides is 1. The minimum atomic E-state index is -3.14. The van der Waals surface area contributed by atoms with Gasteiger partial charge in [0.2, 0.25) is 10.0 Å². The lowest BCUT2D eigenvalue weighted by atomic mass is 10.1. The van der Waals surface area contributed by atoms with Crippen molar-refractivity contribution >= 4 is 16.1 Å². The van der Waals surface area contributed by atoms with Crippen molar-refractivity contribution in [1.82, 2.24) is 9.21 Å². The highest BCUT2D eigenvalue weighted by Gasteiger charge is 2.35. The Labute approximate surface area is 114 Å². The van der Waals surface area contributed by atoms with Crippen molar-refractivity contribution in [3.8, 4) is 0 Å². The van der Waals surface area contributed by atoms with E-state index in [1.54, 1.807) is 9.21 Å². The first-order valence-corrected chi connectivity index (χ1v) is 8.42. The summed E-state index contributed by atoms with van der Waals surface area (Å²) in [6.07, 6.45) is 1.14. The number of sulfonamides is 1. The highest BCUT2D eigenvalue weighted by atomic mass is 32.2. The second-order valence-electron chi connectivity index (χ2n) is 5.61. The topological polar surface area (TPSA) is 66.9 Å².